The van der Waals surface area contributed by atoms with E-state index in [-0.39, 0.29) is 18.3 Å². The Morgan fingerprint density at radius 2 is 2.25 bits per heavy atom. The molecule has 0 radical (unpaired) electrons. The second kappa shape index (κ2) is 6.85. The van der Waals surface area contributed by atoms with Crippen LogP contribution in [0.15, 0.2) is 29.6 Å². The highest BCUT2D eigenvalue weighted by Gasteiger charge is 2.06. The number of hydrogen-bond donors (Lipinski definition) is 2. The Kier molecular flexibility index (Phi) is 4.89. The summed E-state index contributed by atoms with van der Waals surface area (Å²) in [6.45, 7) is 0.211. The average molecular weight is 295 g/mol. The van der Waals surface area contributed by atoms with E-state index in [0.29, 0.717) is 18.1 Å². The van der Waals surface area contributed by atoms with Crippen molar-refractivity contribution in [1.29, 1.82) is 0 Å². The second-order valence-electron chi connectivity index (χ2n) is 4.00. The Morgan fingerprint density at radius 1 is 1.45 bits per heavy atom. The highest BCUT2D eigenvalue weighted by Crippen LogP contribution is 2.15. The molecule has 1 amide bonds. The Labute approximate surface area is 119 Å². The van der Waals surface area contributed by atoms with Crippen molar-refractivity contribution < 1.29 is 13.9 Å². The number of thiazole rings is 1. The van der Waals surface area contributed by atoms with Gasteiger partial charge in [-0.3, -0.25) is 4.79 Å². The van der Waals surface area contributed by atoms with Gasteiger partial charge >= 0.3 is 0 Å². The molecule has 0 saturated heterocycles. The molecule has 5 nitrogen and oxygen atoms in total. The number of nitrogens with one attached hydrogen (secondary N) is 1. The van der Waals surface area contributed by atoms with Crippen molar-refractivity contribution in [3.05, 3.63) is 41.2 Å². The van der Waals surface area contributed by atoms with Crippen LogP contribution in [0.2, 0.25) is 0 Å². The third-order valence-corrected chi connectivity index (χ3v) is 3.19. The highest BCUT2D eigenvalue weighted by molar-refractivity contribution is 7.13. The zero-order valence-corrected chi connectivity index (χ0v) is 11.5. The van der Waals surface area contributed by atoms with Gasteiger partial charge in [0, 0.05) is 18.3 Å². The van der Waals surface area contributed by atoms with Gasteiger partial charge in [0.1, 0.15) is 0 Å². The molecule has 0 saturated carbocycles. The predicted molar refractivity (Wildman–Crippen MR) is 75.1 cm³/mol. The minimum Gasteiger partial charge on any atom is -0.481 e. The Balaban J connectivity index is 1.69. The third-order valence-electron chi connectivity index (χ3n) is 2.47. The molecule has 3 N–H and O–H groups in total. The van der Waals surface area contributed by atoms with Crippen LogP contribution in [-0.4, -0.2) is 24.0 Å². The van der Waals surface area contributed by atoms with Crippen LogP contribution in [0.5, 0.6) is 5.75 Å². The molecule has 0 spiro atoms. The molecule has 0 bridgehead atoms. The lowest BCUT2D eigenvalue weighted by Crippen LogP contribution is -2.30. The third kappa shape index (κ3) is 4.20. The van der Waals surface area contributed by atoms with E-state index in [0.717, 1.165) is 5.69 Å². The maximum Gasteiger partial charge on any atom is 0.257 e. The first-order chi connectivity index (χ1) is 9.65. The lowest BCUT2D eigenvalue weighted by Gasteiger charge is -2.07. The summed E-state index contributed by atoms with van der Waals surface area (Å²) in [5.41, 5.74) is 6.34. The summed E-state index contributed by atoms with van der Waals surface area (Å²) in [5, 5.41) is 5.02. The van der Waals surface area contributed by atoms with Crippen molar-refractivity contribution in [2.75, 3.05) is 18.9 Å². The van der Waals surface area contributed by atoms with Gasteiger partial charge in [-0.25, -0.2) is 9.37 Å². The molecular weight excluding hydrogens is 281 g/mol. The van der Waals surface area contributed by atoms with Crippen LogP contribution in [0.4, 0.5) is 9.52 Å². The van der Waals surface area contributed by atoms with E-state index in [1.807, 2.05) is 5.38 Å². The summed E-state index contributed by atoms with van der Waals surface area (Å²) < 4.78 is 18.3. The van der Waals surface area contributed by atoms with Gasteiger partial charge in [0.2, 0.25) is 0 Å². The second-order valence-corrected chi connectivity index (χ2v) is 4.89. The van der Waals surface area contributed by atoms with E-state index in [9.17, 15) is 9.18 Å². The van der Waals surface area contributed by atoms with Crippen molar-refractivity contribution in [3.63, 3.8) is 0 Å². The molecule has 0 atom stereocenters. The minimum atomic E-state index is -0.488. The number of para-hydroxylation sites is 1. The van der Waals surface area contributed by atoms with Gasteiger partial charge in [-0.2, -0.15) is 0 Å². The number of benzene rings is 1. The Bertz CT molecular complexity index is 589. The van der Waals surface area contributed by atoms with Crippen molar-refractivity contribution >= 4 is 22.4 Å². The average Bonchev–Trinajstić information content (AvgIpc) is 2.83. The zero-order chi connectivity index (χ0) is 14.4. The fraction of sp³-hybridized carbons (Fsp3) is 0.231. The molecule has 0 fully saturated rings. The fourth-order valence-corrected chi connectivity index (χ4v) is 2.12. The number of amides is 1. The molecule has 0 aliphatic carbocycles. The molecular formula is C13H14FN3O2S. The molecule has 106 valence electrons. The van der Waals surface area contributed by atoms with Crippen LogP contribution in [0.25, 0.3) is 0 Å². The van der Waals surface area contributed by atoms with E-state index < -0.39 is 5.82 Å². The largest absolute Gasteiger partial charge is 0.481 e. The number of nitrogens with two attached hydrogens (primary N) is 1. The van der Waals surface area contributed by atoms with Gasteiger partial charge < -0.3 is 15.8 Å². The van der Waals surface area contributed by atoms with Gasteiger partial charge in [0.25, 0.3) is 5.91 Å². The summed E-state index contributed by atoms with van der Waals surface area (Å²) >= 11 is 1.36. The monoisotopic (exact) mass is 295 g/mol. The van der Waals surface area contributed by atoms with Gasteiger partial charge in [-0.05, 0) is 12.1 Å². The molecule has 1 heterocycles. The number of halogens is 1. The number of ether oxygens (including phenoxy) is 1. The molecule has 1 aromatic heterocycles. The number of hydrogen-bond acceptors (Lipinski definition) is 5. The first kappa shape index (κ1) is 14.3. The molecule has 0 unspecified atom stereocenters. The smallest absolute Gasteiger partial charge is 0.257 e. The molecule has 0 aliphatic heterocycles. The number of anilines is 1. The summed E-state index contributed by atoms with van der Waals surface area (Å²) in [6, 6.07) is 5.95. The lowest BCUT2D eigenvalue weighted by molar-refractivity contribution is -0.123. The number of carbonyl (C=O) groups excluding carboxylic acids is 1. The molecule has 2 aromatic rings. The van der Waals surface area contributed by atoms with E-state index in [1.54, 1.807) is 12.1 Å². The van der Waals surface area contributed by atoms with Crippen molar-refractivity contribution in [3.8, 4) is 5.75 Å². The fourth-order valence-electron chi connectivity index (χ4n) is 1.52. The van der Waals surface area contributed by atoms with Crippen LogP contribution in [-0.2, 0) is 11.2 Å². The number of carbonyl (C=O) groups is 1. The van der Waals surface area contributed by atoms with Crippen LogP contribution >= 0.6 is 11.3 Å². The summed E-state index contributed by atoms with van der Waals surface area (Å²) in [6.07, 6.45) is 0.596. The van der Waals surface area contributed by atoms with Gasteiger partial charge in [0.15, 0.2) is 23.3 Å². The normalized spacial score (nSPS) is 10.2. The Morgan fingerprint density at radius 3 is 2.95 bits per heavy atom. The van der Waals surface area contributed by atoms with Crippen molar-refractivity contribution in [2.24, 2.45) is 0 Å². The maximum absolute atomic E-state index is 13.2. The molecule has 7 heteroatoms. The number of rotatable bonds is 6. The number of aromatic nitrogens is 1. The minimum absolute atomic E-state index is 0.0647. The van der Waals surface area contributed by atoms with Crippen molar-refractivity contribution in [1.82, 2.24) is 10.3 Å². The predicted octanol–water partition coefficient (Wildman–Crippen LogP) is 1.60. The Hall–Kier alpha value is -2.15. The van der Waals surface area contributed by atoms with E-state index in [2.05, 4.69) is 10.3 Å². The quantitative estimate of drug-likeness (QED) is 0.848. The standard InChI is InChI=1S/C13H14FN3O2S/c14-10-3-1-2-4-11(10)19-7-12(18)16-6-5-9-8-20-13(15)17-9/h1-4,8H,5-7H2,(H2,15,17)(H,16,18). The lowest BCUT2D eigenvalue weighted by atomic mass is 10.3. The topological polar surface area (TPSA) is 77.2 Å². The van der Waals surface area contributed by atoms with Gasteiger partial charge in [-0.1, -0.05) is 12.1 Å². The first-order valence-corrected chi connectivity index (χ1v) is 6.87. The molecule has 1 aromatic carbocycles. The molecule has 0 aliphatic rings. The summed E-state index contributed by atoms with van der Waals surface area (Å²) in [7, 11) is 0. The van der Waals surface area contributed by atoms with Crippen LogP contribution in [0.1, 0.15) is 5.69 Å². The number of nitrogens with zero attached hydrogens (tertiary/aromatic N) is 1. The SMILES string of the molecule is Nc1nc(CCNC(=O)COc2ccccc2F)cs1. The van der Waals surface area contributed by atoms with Gasteiger partial charge in [-0.15, -0.1) is 11.3 Å². The van der Waals surface area contributed by atoms with Crippen molar-refractivity contribution in [2.45, 2.75) is 6.42 Å². The summed E-state index contributed by atoms with van der Waals surface area (Å²) in [5.74, 6) is -0.732. The first-order valence-electron chi connectivity index (χ1n) is 5.99. The molecule has 20 heavy (non-hydrogen) atoms. The van der Waals surface area contributed by atoms with E-state index in [1.165, 1.54) is 23.5 Å². The zero-order valence-electron chi connectivity index (χ0n) is 10.6. The van der Waals surface area contributed by atoms with Crippen LogP contribution in [0, 0.1) is 5.82 Å². The van der Waals surface area contributed by atoms with Crippen LogP contribution < -0.4 is 15.8 Å². The van der Waals surface area contributed by atoms with E-state index in [4.69, 9.17) is 10.5 Å². The van der Waals surface area contributed by atoms with Gasteiger partial charge in [0.05, 0.1) is 5.69 Å². The maximum atomic E-state index is 13.2. The molecule has 2 rings (SSSR count). The van der Waals surface area contributed by atoms with E-state index >= 15 is 0 Å². The summed E-state index contributed by atoms with van der Waals surface area (Å²) in [4.78, 5) is 15.6. The van der Waals surface area contributed by atoms with Crippen LogP contribution in [0.3, 0.4) is 0 Å². The number of nitrogen functional groups attached to an aromatic ring is 1. The highest BCUT2D eigenvalue weighted by atomic mass is 32.1.